The third kappa shape index (κ3) is 4.14. The second-order valence-corrected chi connectivity index (χ2v) is 10.3. The van der Waals surface area contributed by atoms with E-state index in [1.807, 2.05) is 0 Å². The van der Waals surface area contributed by atoms with E-state index < -0.39 is 15.3 Å². The Labute approximate surface area is 175 Å². The van der Waals surface area contributed by atoms with E-state index in [1.54, 1.807) is 41.6 Å². The van der Waals surface area contributed by atoms with Crippen molar-refractivity contribution in [2.75, 3.05) is 28.8 Å². The lowest BCUT2D eigenvalue weighted by Gasteiger charge is -2.21. The number of aryl methyl sites for hydroxylation is 1. The number of aromatic nitrogens is 2. The number of amides is 1. The van der Waals surface area contributed by atoms with Crippen LogP contribution >= 0.6 is 0 Å². The van der Waals surface area contributed by atoms with Crippen LogP contribution < -0.4 is 10.2 Å². The fourth-order valence-electron chi connectivity index (χ4n) is 3.92. The van der Waals surface area contributed by atoms with Gasteiger partial charge >= 0.3 is 0 Å². The van der Waals surface area contributed by atoms with E-state index in [1.165, 1.54) is 6.26 Å². The van der Waals surface area contributed by atoms with Gasteiger partial charge in [-0.1, -0.05) is 0 Å². The zero-order valence-electron chi connectivity index (χ0n) is 16.7. The van der Waals surface area contributed by atoms with E-state index in [4.69, 9.17) is 0 Å². The van der Waals surface area contributed by atoms with E-state index in [0.29, 0.717) is 36.7 Å². The highest BCUT2D eigenvalue weighted by Crippen LogP contribution is 2.51. The minimum absolute atomic E-state index is 0.0723. The molecule has 1 aliphatic heterocycles. The topological polar surface area (TPSA) is 116 Å². The summed E-state index contributed by atoms with van der Waals surface area (Å²) in [5.74, 6) is 1.20. The Kier molecular flexibility index (Phi) is 5.20. The molecule has 156 valence electrons. The van der Waals surface area contributed by atoms with Gasteiger partial charge in [0.1, 0.15) is 26.9 Å². The second-order valence-electron chi connectivity index (χ2n) is 8.02. The lowest BCUT2D eigenvalue weighted by molar-refractivity contribution is -0.123. The average Bonchev–Trinajstić information content (AvgIpc) is 3.51. The lowest BCUT2D eigenvalue weighted by atomic mass is 9.83. The molecular formula is C21H23N5O3S. The van der Waals surface area contributed by atoms with Crippen LogP contribution in [0.15, 0.2) is 36.7 Å². The average molecular weight is 426 g/mol. The van der Waals surface area contributed by atoms with Crippen LogP contribution in [0.3, 0.4) is 0 Å². The summed E-state index contributed by atoms with van der Waals surface area (Å²) < 4.78 is 22.8. The van der Waals surface area contributed by atoms with Crippen LogP contribution in [0.5, 0.6) is 0 Å². The highest BCUT2D eigenvalue weighted by atomic mass is 32.2. The number of anilines is 3. The molecule has 0 unspecified atom stereocenters. The monoisotopic (exact) mass is 425 g/mol. The fraction of sp³-hybridized carbons (Fsp3) is 0.429. The Hall–Kier alpha value is -2.99. The number of hydrogen-bond acceptors (Lipinski definition) is 7. The largest absolute Gasteiger partial charge is 0.325 e. The summed E-state index contributed by atoms with van der Waals surface area (Å²) >= 11 is 0. The summed E-state index contributed by atoms with van der Waals surface area (Å²) in [6.45, 7) is 0.519. The standard InChI is InChI=1S/C21H23N5O3S/c1-30(28,29)11-6-15-4-8-23-18(12-15)25-19-13-17(5-9-24-19)26-10-7-21(14-22,20(26)27)16-2-3-16/h4-5,8-9,12-13,16H,2-3,6-7,10-11H2,1H3,(H,23,24,25)/t21-/m1/s1. The molecular weight excluding hydrogens is 402 g/mol. The van der Waals surface area contributed by atoms with Gasteiger partial charge in [-0.25, -0.2) is 18.4 Å². The van der Waals surface area contributed by atoms with E-state index in [2.05, 4.69) is 21.4 Å². The first-order valence-corrected chi connectivity index (χ1v) is 12.0. The number of nitriles is 1. The maximum atomic E-state index is 13.0. The summed E-state index contributed by atoms with van der Waals surface area (Å²) in [6.07, 6.45) is 7.29. The number of pyridine rings is 2. The SMILES string of the molecule is CS(=O)(=O)CCc1ccnc(Nc2cc(N3CC[C@@](C#N)(C4CC4)C3=O)ccn2)c1. The van der Waals surface area contributed by atoms with Crippen LogP contribution in [0, 0.1) is 22.7 Å². The molecule has 0 bridgehead atoms. The fourth-order valence-corrected chi connectivity index (χ4v) is 4.53. The van der Waals surface area contributed by atoms with Gasteiger partial charge in [0.15, 0.2) is 0 Å². The molecule has 1 aliphatic carbocycles. The van der Waals surface area contributed by atoms with Crippen molar-refractivity contribution in [1.29, 1.82) is 5.26 Å². The molecule has 1 N–H and O–H groups in total. The molecule has 4 rings (SSSR count). The van der Waals surface area contributed by atoms with Crippen molar-refractivity contribution >= 4 is 33.1 Å². The molecule has 9 heteroatoms. The highest BCUT2D eigenvalue weighted by Gasteiger charge is 2.56. The van der Waals surface area contributed by atoms with Crippen LogP contribution in [0.25, 0.3) is 0 Å². The predicted octanol–water partition coefficient (Wildman–Crippen LogP) is 2.46. The van der Waals surface area contributed by atoms with Gasteiger partial charge in [-0.15, -0.1) is 0 Å². The van der Waals surface area contributed by atoms with E-state index in [0.717, 1.165) is 18.4 Å². The van der Waals surface area contributed by atoms with Crippen LogP contribution in [0.2, 0.25) is 0 Å². The van der Waals surface area contributed by atoms with Gasteiger partial charge in [0.2, 0.25) is 5.91 Å². The number of rotatable bonds is 7. The summed E-state index contributed by atoms with van der Waals surface area (Å²) in [4.78, 5) is 23.2. The molecule has 1 saturated carbocycles. The Morgan fingerprint density at radius 3 is 2.60 bits per heavy atom. The first-order valence-electron chi connectivity index (χ1n) is 9.90. The van der Waals surface area contributed by atoms with Gasteiger partial charge in [0.25, 0.3) is 0 Å². The Balaban J connectivity index is 1.50. The molecule has 2 aromatic rings. The van der Waals surface area contributed by atoms with Gasteiger partial charge < -0.3 is 10.2 Å². The van der Waals surface area contributed by atoms with Crippen LogP contribution in [-0.2, 0) is 21.1 Å². The molecule has 8 nitrogen and oxygen atoms in total. The zero-order chi connectivity index (χ0) is 21.4. The summed E-state index contributed by atoms with van der Waals surface area (Å²) in [7, 11) is -3.04. The molecule has 2 aliphatic rings. The molecule has 2 fully saturated rings. The van der Waals surface area contributed by atoms with Gasteiger partial charge in [-0.05, 0) is 55.4 Å². The van der Waals surface area contributed by atoms with Crippen LogP contribution in [-0.4, -0.2) is 42.8 Å². The van der Waals surface area contributed by atoms with Crippen molar-refractivity contribution in [3.63, 3.8) is 0 Å². The number of nitrogens with one attached hydrogen (secondary N) is 1. The van der Waals surface area contributed by atoms with Gasteiger partial charge in [-0.2, -0.15) is 5.26 Å². The zero-order valence-corrected chi connectivity index (χ0v) is 17.5. The highest BCUT2D eigenvalue weighted by molar-refractivity contribution is 7.90. The summed E-state index contributed by atoms with van der Waals surface area (Å²) in [5.41, 5.74) is 0.669. The Morgan fingerprint density at radius 2 is 1.93 bits per heavy atom. The third-order valence-corrected chi connectivity index (χ3v) is 6.67. The quantitative estimate of drug-likeness (QED) is 0.724. The number of carbonyl (C=O) groups excluding carboxylic acids is 1. The first kappa shape index (κ1) is 20.3. The number of hydrogen-bond donors (Lipinski definition) is 1. The van der Waals surface area contributed by atoms with Gasteiger partial charge in [-0.3, -0.25) is 4.79 Å². The number of sulfone groups is 1. The minimum atomic E-state index is -3.04. The smallest absolute Gasteiger partial charge is 0.247 e. The summed E-state index contributed by atoms with van der Waals surface area (Å²) in [5, 5.41) is 12.8. The normalized spacial score (nSPS) is 21.5. The summed E-state index contributed by atoms with van der Waals surface area (Å²) in [6, 6.07) is 9.39. The van der Waals surface area contributed by atoms with Crippen molar-refractivity contribution in [2.45, 2.75) is 25.7 Å². The van der Waals surface area contributed by atoms with E-state index in [9.17, 15) is 18.5 Å². The second kappa shape index (κ2) is 7.69. The number of carbonyl (C=O) groups is 1. The maximum Gasteiger partial charge on any atom is 0.247 e. The lowest BCUT2D eigenvalue weighted by Crippen LogP contribution is -2.35. The van der Waals surface area contributed by atoms with Crippen molar-refractivity contribution in [2.24, 2.45) is 11.3 Å². The van der Waals surface area contributed by atoms with Crippen LogP contribution in [0.1, 0.15) is 24.8 Å². The molecule has 3 heterocycles. The van der Waals surface area contributed by atoms with Crippen molar-refractivity contribution in [3.8, 4) is 6.07 Å². The first-order chi connectivity index (χ1) is 14.3. The number of nitrogens with zero attached hydrogens (tertiary/aromatic N) is 4. The van der Waals surface area contributed by atoms with Gasteiger partial charge in [0.05, 0.1) is 11.8 Å². The molecule has 1 saturated heterocycles. The Bertz CT molecular complexity index is 1120. The third-order valence-electron chi connectivity index (χ3n) is 5.73. The van der Waals surface area contributed by atoms with E-state index in [-0.39, 0.29) is 17.6 Å². The minimum Gasteiger partial charge on any atom is -0.325 e. The molecule has 2 aromatic heterocycles. The molecule has 0 aromatic carbocycles. The maximum absolute atomic E-state index is 13.0. The molecule has 30 heavy (non-hydrogen) atoms. The van der Waals surface area contributed by atoms with Crippen LogP contribution in [0.4, 0.5) is 17.3 Å². The molecule has 1 amide bonds. The van der Waals surface area contributed by atoms with Gasteiger partial charge in [0, 0.05) is 36.9 Å². The molecule has 0 spiro atoms. The Morgan fingerprint density at radius 1 is 1.23 bits per heavy atom. The van der Waals surface area contributed by atoms with Crippen molar-refractivity contribution in [1.82, 2.24) is 9.97 Å². The van der Waals surface area contributed by atoms with E-state index >= 15 is 0 Å². The predicted molar refractivity (Wildman–Crippen MR) is 113 cm³/mol. The van der Waals surface area contributed by atoms with Crippen molar-refractivity contribution < 1.29 is 13.2 Å². The molecule has 1 atom stereocenters. The van der Waals surface area contributed by atoms with Crippen molar-refractivity contribution in [3.05, 3.63) is 42.2 Å². The molecule has 0 radical (unpaired) electrons.